The topological polar surface area (TPSA) is 75.7 Å². The van der Waals surface area contributed by atoms with Crippen molar-refractivity contribution in [3.63, 3.8) is 0 Å². The lowest BCUT2D eigenvalue weighted by Crippen LogP contribution is -2.60. The highest BCUT2D eigenvalue weighted by molar-refractivity contribution is 6.23. The zero-order valence-corrected chi connectivity index (χ0v) is 14.3. The molecule has 0 aromatic heterocycles. The van der Waals surface area contributed by atoms with Crippen molar-refractivity contribution in [1.82, 2.24) is 10.4 Å². The van der Waals surface area contributed by atoms with Gasteiger partial charge in [0, 0.05) is 6.42 Å². The van der Waals surface area contributed by atoms with Crippen LogP contribution in [0.2, 0.25) is 0 Å². The number of benzene rings is 2. The third-order valence-corrected chi connectivity index (χ3v) is 4.43. The fraction of sp³-hybridized carbons (Fsp3) is 0.211. The highest BCUT2D eigenvalue weighted by atomic mass is 19.1. The summed E-state index contributed by atoms with van der Waals surface area (Å²) >= 11 is 0. The molecule has 1 aliphatic heterocycles. The second-order valence-electron chi connectivity index (χ2n) is 6.20. The van der Waals surface area contributed by atoms with Crippen molar-refractivity contribution in [2.75, 3.05) is 7.11 Å². The minimum Gasteiger partial charge on any atom is -0.277 e. The average Bonchev–Trinajstić information content (AvgIpc) is 2.89. The van der Waals surface area contributed by atoms with Crippen molar-refractivity contribution < 1.29 is 23.6 Å². The predicted molar refractivity (Wildman–Crippen MR) is 90.6 cm³/mol. The molecular formula is C19H17FN2O4. The second kappa shape index (κ2) is 6.68. The number of carbonyl (C=O) groups excluding carboxylic acids is 3. The first-order valence-corrected chi connectivity index (χ1v) is 7.94. The molecule has 0 fully saturated rings. The number of hydrogen-bond acceptors (Lipinski definition) is 4. The average molecular weight is 356 g/mol. The lowest BCUT2D eigenvalue weighted by atomic mass is 9.90. The second-order valence-corrected chi connectivity index (χ2v) is 6.20. The maximum atomic E-state index is 13.2. The third-order valence-electron chi connectivity index (χ3n) is 4.43. The summed E-state index contributed by atoms with van der Waals surface area (Å²) < 4.78 is 13.2. The van der Waals surface area contributed by atoms with Crippen LogP contribution >= 0.6 is 0 Å². The molecule has 0 bridgehead atoms. The Balaban J connectivity index is 2.04. The SMILES string of the molecule is CONC(=O)[C@](C)(Cc1ccc(F)cc1)N1C(=O)c2ccccc2C1=O. The summed E-state index contributed by atoms with van der Waals surface area (Å²) in [4.78, 5) is 44.0. The molecule has 0 radical (unpaired) electrons. The van der Waals surface area contributed by atoms with Crippen LogP contribution in [0.5, 0.6) is 0 Å². The summed E-state index contributed by atoms with van der Waals surface area (Å²) in [7, 11) is 1.26. The molecule has 0 spiro atoms. The van der Waals surface area contributed by atoms with E-state index in [0.717, 1.165) is 4.90 Å². The summed E-state index contributed by atoms with van der Waals surface area (Å²) in [5.41, 5.74) is 1.73. The zero-order valence-electron chi connectivity index (χ0n) is 14.3. The minimum atomic E-state index is -1.55. The van der Waals surface area contributed by atoms with E-state index in [1.54, 1.807) is 24.3 Å². The molecule has 0 saturated heterocycles. The number of nitrogens with one attached hydrogen (secondary N) is 1. The molecule has 3 rings (SSSR count). The molecule has 0 unspecified atom stereocenters. The summed E-state index contributed by atoms with van der Waals surface area (Å²) in [6, 6.07) is 11.9. The fourth-order valence-electron chi connectivity index (χ4n) is 3.10. The number of amides is 3. The lowest BCUT2D eigenvalue weighted by Gasteiger charge is -2.35. The fourth-order valence-corrected chi connectivity index (χ4v) is 3.10. The maximum Gasteiger partial charge on any atom is 0.270 e. The van der Waals surface area contributed by atoms with Gasteiger partial charge in [-0.2, -0.15) is 0 Å². The van der Waals surface area contributed by atoms with Gasteiger partial charge in [0.15, 0.2) is 0 Å². The first-order valence-electron chi connectivity index (χ1n) is 7.94. The van der Waals surface area contributed by atoms with Gasteiger partial charge in [-0.25, -0.2) is 9.87 Å². The van der Waals surface area contributed by atoms with Crippen molar-refractivity contribution in [1.29, 1.82) is 0 Å². The minimum absolute atomic E-state index is 0.00788. The first kappa shape index (κ1) is 17.8. The number of imide groups is 1. The molecule has 0 aliphatic carbocycles. The Labute approximate surface area is 149 Å². The van der Waals surface area contributed by atoms with Gasteiger partial charge in [0.05, 0.1) is 18.2 Å². The van der Waals surface area contributed by atoms with E-state index in [2.05, 4.69) is 5.48 Å². The van der Waals surface area contributed by atoms with Gasteiger partial charge in [0.25, 0.3) is 17.7 Å². The largest absolute Gasteiger partial charge is 0.277 e. The number of rotatable bonds is 5. The smallest absolute Gasteiger partial charge is 0.270 e. The van der Waals surface area contributed by atoms with E-state index >= 15 is 0 Å². The van der Waals surface area contributed by atoms with E-state index in [4.69, 9.17) is 4.84 Å². The van der Waals surface area contributed by atoms with Crippen molar-refractivity contribution in [3.05, 3.63) is 71.0 Å². The molecular weight excluding hydrogens is 339 g/mol. The highest BCUT2D eigenvalue weighted by Gasteiger charge is 2.50. The number of nitrogens with zero attached hydrogens (tertiary/aromatic N) is 1. The molecule has 6 nitrogen and oxygen atoms in total. The van der Waals surface area contributed by atoms with Gasteiger partial charge in [0.2, 0.25) is 0 Å². The van der Waals surface area contributed by atoms with Crippen molar-refractivity contribution >= 4 is 17.7 Å². The molecule has 2 aromatic carbocycles. The number of hydroxylamine groups is 1. The molecule has 134 valence electrons. The highest BCUT2D eigenvalue weighted by Crippen LogP contribution is 2.32. The molecule has 2 aromatic rings. The van der Waals surface area contributed by atoms with Crippen molar-refractivity contribution in [2.24, 2.45) is 0 Å². The molecule has 1 aliphatic rings. The van der Waals surface area contributed by atoms with Crippen LogP contribution < -0.4 is 5.48 Å². The third kappa shape index (κ3) is 2.86. The van der Waals surface area contributed by atoms with E-state index < -0.39 is 29.1 Å². The Morgan fingerprint density at radius 1 is 1.08 bits per heavy atom. The van der Waals surface area contributed by atoms with Crippen LogP contribution in [-0.4, -0.2) is 35.3 Å². The monoisotopic (exact) mass is 356 g/mol. The quantitative estimate of drug-likeness (QED) is 0.658. The molecule has 7 heteroatoms. The summed E-state index contributed by atoms with van der Waals surface area (Å²) in [6.07, 6.45) is 0.00788. The van der Waals surface area contributed by atoms with Crippen LogP contribution in [0.15, 0.2) is 48.5 Å². The molecule has 1 heterocycles. The van der Waals surface area contributed by atoms with Gasteiger partial charge in [-0.05, 0) is 36.8 Å². The standard InChI is InChI=1S/C19H17FN2O4/c1-19(18(25)21-26-2,11-12-7-9-13(20)10-8-12)22-16(23)14-5-3-4-6-15(14)17(22)24/h3-10H,11H2,1-2H3,(H,21,25)/t19-/m0/s1. The maximum absolute atomic E-state index is 13.2. The van der Waals surface area contributed by atoms with E-state index in [1.165, 1.54) is 38.3 Å². The van der Waals surface area contributed by atoms with Gasteiger partial charge < -0.3 is 0 Å². The van der Waals surface area contributed by atoms with E-state index in [9.17, 15) is 18.8 Å². The van der Waals surface area contributed by atoms with E-state index in [0.29, 0.717) is 5.56 Å². The van der Waals surface area contributed by atoms with Crippen molar-refractivity contribution in [2.45, 2.75) is 18.9 Å². The molecule has 26 heavy (non-hydrogen) atoms. The predicted octanol–water partition coefficient (Wildman–Crippen LogP) is 2.10. The van der Waals surface area contributed by atoms with Crippen LogP contribution in [0.4, 0.5) is 4.39 Å². The van der Waals surface area contributed by atoms with Crippen molar-refractivity contribution in [3.8, 4) is 0 Å². The van der Waals surface area contributed by atoms with Gasteiger partial charge in [0.1, 0.15) is 11.4 Å². The Bertz CT molecular complexity index is 846. The van der Waals surface area contributed by atoms with E-state index in [1.807, 2.05) is 0 Å². The Hall–Kier alpha value is -3.06. The Morgan fingerprint density at radius 3 is 2.12 bits per heavy atom. The normalized spacial score (nSPS) is 15.6. The van der Waals surface area contributed by atoms with Crippen LogP contribution in [0.1, 0.15) is 33.2 Å². The number of fused-ring (bicyclic) bond motifs is 1. The van der Waals surface area contributed by atoms with Crippen LogP contribution in [0.25, 0.3) is 0 Å². The molecule has 0 saturated carbocycles. The van der Waals surface area contributed by atoms with Crippen LogP contribution in [0, 0.1) is 5.82 Å². The summed E-state index contributed by atoms with van der Waals surface area (Å²) in [6.45, 7) is 1.48. The molecule has 3 amide bonds. The van der Waals surface area contributed by atoms with E-state index in [-0.39, 0.29) is 17.5 Å². The summed E-state index contributed by atoms with van der Waals surface area (Å²) in [5.74, 6) is -2.18. The zero-order chi connectivity index (χ0) is 18.9. The molecule has 1 atom stereocenters. The number of halogens is 1. The van der Waals surface area contributed by atoms with Gasteiger partial charge >= 0.3 is 0 Å². The number of hydrogen-bond donors (Lipinski definition) is 1. The van der Waals surface area contributed by atoms with Crippen LogP contribution in [-0.2, 0) is 16.1 Å². The number of carbonyl (C=O) groups is 3. The first-order chi connectivity index (χ1) is 12.4. The van der Waals surface area contributed by atoms with Crippen LogP contribution in [0.3, 0.4) is 0 Å². The summed E-state index contributed by atoms with van der Waals surface area (Å²) in [5, 5.41) is 0. The Morgan fingerprint density at radius 2 is 1.62 bits per heavy atom. The van der Waals surface area contributed by atoms with Gasteiger partial charge in [-0.3, -0.25) is 24.1 Å². The Kier molecular flexibility index (Phi) is 4.56. The van der Waals surface area contributed by atoms with Gasteiger partial charge in [-0.15, -0.1) is 0 Å². The van der Waals surface area contributed by atoms with Gasteiger partial charge in [-0.1, -0.05) is 24.3 Å². The lowest BCUT2D eigenvalue weighted by molar-refractivity contribution is -0.140. The molecule has 1 N–H and O–H groups in total.